The zero-order valence-electron chi connectivity index (χ0n) is 17.1. The van der Waals surface area contributed by atoms with Gasteiger partial charge in [-0.3, -0.25) is 4.79 Å². The first-order valence-electron chi connectivity index (χ1n) is 10.2. The minimum absolute atomic E-state index is 0.105. The molecule has 2 heterocycles. The number of hydrogen-bond acceptors (Lipinski definition) is 5. The predicted octanol–water partition coefficient (Wildman–Crippen LogP) is 2.84. The SMILES string of the molecule is C=C[C@@]1(OC)[C@@H](C(C)=O)C[C@@]2(C)[C@@H]3Cc4ccc(O)c5c4[C@]2(CCN3C)[C@@H]1O5. The summed E-state index contributed by atoms with van der Waals surface area (Å²) in [6, 6.07) is 4.11. The number of methoxy groups -OCH3 is 1. The molecule has 2 aliphatic carbocycles. The fourth-order valence-electron chi connectivity index (χ4n) is 7.35. The summed E-state index contributed by atoms with van der Waals surface area (Å²) >= 11 is 0. The molecule has 0 unspecified atom stereocenters. The first-order valence-corrected chi connectivity index (χ1v) is 10.2. The summed E-state index contributed by atoms with van der Waals surface area (Å²) in [5, 5.41) is 10.7. The number of aromatic hydroxyl groups is 1. The topological polar surface area (TPSA) is 59.0 Å². The third kappa shape index (κ3) is 1.70. The molecule has 2 aliphatic heterocycles. The van der Waals surface area contributed by atoms with E-state index < -0.39 is 5.60 Å². The summed E-state index contributed by atoms with van der Waals surface area (Å²) in [6.45, 7) is 9.01. The van der Waals surface area contributed by atoms with Crippen molar-refractivity contribution in [1.29, 1.82) is 0 Å². The molecule has 0 amide bonds. The maximum Gasteiger partial charge on any atom is 0.165 e. The standard InChI is InChI=1S/C23H29NO4/c1-6-23(27-5)15(13(2)25)12-21(3)17-11-14-7-8-16(26)19-18(14)22(21,20(23)28-19)9-10-24(17)4/h6-8,15,17,20,26H,1,9-12H2,2-5H3/t15-,17+,20+,21+,22-,23-/m1/s1. The van der Waals surface area contributed by atoms with Crippen molar-refractivity contribution in [3.8, 4) is 11.5 Å². The van der Waals surface area contributed by atoms with E-state index in [-0.39, 0.29) is 34.4 Å². The lowest BCUT2D eigenvalue weighted by atomic mass is 9.40. The molecule has 4 aliphatic rings. The summed E-state index contributed by atoms with van der Waals surface area (Å²) in [5.41, 5.74) is 1.03. The van der Waals surface area contributed by atoms with Gasteiger partial charge in [0.1, 0.15) is 17.5 Å². The number of ether oxygens (including phenoxy) is 2. The highest BCUT2D eigenvalue weighted by atomic mass is 16.6. The first-order chi connectivity index (χ1) is 13.3. The van der Waals surface area contributed by atoms with Crippen molar-refractivity contribution < 1.29 is 19.4 Å². The van der Waals surface area contributed by atoms with Crippen molar-refractivity contribution in [2.24, 2.45) is 11.3 Å². The van der Waals surface area contributed by atoms with Crippen molar-refractivity contribution in [2.75, 3.05) is 20.7 Å². The number of carbonyl (C=O) groups is 1. The van der Waals surface area contributed by atoms with Gasteiger partial charge in [0.2, 0.25) is 0 Å². The van der Waals surface area contributed by atoms with Crippen LogP contribution in [-0.4, -0.2) is 54.2 Å². The molecule has 28 heavy (non-hydrogen) atoms. The first kappa shape index (κ1) is 18.2. The number of ketones is 1. The van der Waals surface area contributed by atoms with Crippen LogP contribution in [0.15, 0.2) is 24.8 Å². The van der Waals surface area contributed by atoms with Gasteiger partial charge in [-0.1, -0.05) is 19.1 Å². The van der Waals surface area contributed by atoms with E-state index in [0.29, 0.717) is 11.8 Å². The minimum Gasteiger partial charge on any atom is -0.504 e. The van der Waals surface area contributed by atoms with Crippen LogP contribution in [-0.2, 0) is 21.4 Å². The van der Waals surface area contributed by atoms with Crippen LogP contribution in [0.2, 0.25) is 0 Å². The Balaban J connectivity index is 1.87. The number of hydrogen-bond donors (Lipinski definition) is 1. The van der Waals surface area contributed by atoms with E-state index in [1.165, 1.54) is 5.56 Å². The number of phenolic OH excluding ortho intramolecular Hbond substituents is 1. The van der Waals surface area contributed by atoms with Gasteiger partial charge in [0.15, 0.2) is 11.5 Å². The van der Waals surface area contributed by atoms with E-state index in [1.54, 1.807) is 26.2 Å². The number of likely N-dealkylation sites (N-methyl/N-ethyl adjacent to an activating group) is 1. The van der Waals surface area contributed by atoms with Gasteiger partial charge in [-0.15, -0.1) is 6.58 Å². The fraction of sp³-hybridized carbons (Fsp3) is 0.609. The molecule has 1 saturated carbocycles. The Morgan fingerprint density at radius 1 is 1.46 bits per heavy atom. The van der Waals surface area contributed by atoms with Crippen LogP contribution in [0.3, 0.4) is 0 Å². The molecule has 1 aromatic rings. The third-order valence-corrected chi connectivity index (χ3v) is 8.66. The van der Waals surface area contributed by atoms with Crippen LogP contribution in [0.1, 0.15) is 37.8 Å². The summed E-state index contributed by atoms with van der Waals surface area (Å²) < 4.78 is 12.7. The normalized spacial score (nSPS) is 43.2. The monoisotopic (exact) mass is 383 g/mol. The fourth-order valence-corrected chi connectivity index (χ4v) is 7.35. The molecule has 1 N–H and O–H groups in total. The number of likely N-dealkylation sites (tertiary alicyclic amines) is 1. The van der Waals surface area contributed by atoms with E-state index in [1.807, 2.05) is 6.07 Å². The molecule has 1 spiro atoms. The predicted molar refractivity (Wildman–Crippen MR) is 106 cm³/mol. The van der Waals surface area contributed by atoms with Crippen molar-refractivity contribution >= 4 is 5.78 Å². The van der Waals surface area contributed by atoms with E-state index in [0.717, 1.165) is 31.4 Å². The number of carbonyl (C=O) groups excluding carboxylic acids is 1. The van der Waals surface area contributed by atoms with Gasteiger partial charge >= 0.3 is 0 Å². The Labute approximate surface area is 166 Å². The van der Waals surface area contributed by atoms with Gasteiger partial charge in [0.25, 0.3) is 0 Å². The van der Waals surface area contributed by atoms with Crippen molar-refractivity contribution in [3.63, 3.8) is 0 Å². The average molecular weight is 383 g/mol. The van der Waals surface area contributed by atoms with Crippen LogP contribution < -0.4 is 4.74 Å². The number of Topliss-reactive ketones (excluding diaryl/α,β-unsaturated/α-hetero) is 1. The van der Waals surface area contributed by atoms with Crippen LogP contribution in [0.4, 0.5) is 0 Å². The molecule has 6 atom stereocenters. The quantitative estimate of drug-likeness (QED) is 0.814. The molecule has 0 radical (unpaired) electrons. The Bertz CT molecular complexity index is 897. The van der Waals surface area contributed by atoms with Gasteiger partial charge in [0, 0.05) is 24.1 Å². The number of benzene rings is 1. The Morgan fingerprint density at radius 3 is 2.86 bits per heavy atom. The molecule has 2 bridgehead atoms. The lowest BCUT2D eigenvalue weighted by molar-refractivity contribution is -0.209. The van der Waals surface area contributed by atoms with E-state index in [4.69, 9.17) is 9.47 Å². The zero-order chi connectivity index (χ0) is 20.1. The Morgan fingerprint density at radius 2 is 2.21 bits per heavy atom. The van der Waals surface area contributed by atoms with E-state index in [9.17, 15) is 9.90 Å². The summed E-state index contributed by atoms with van der Waals surface area (Å²) in [6.07, 6.45) is 3.95. The molecule has 5 rings (SSSR count). The molecule has 5 heteroatoms. The molecule has 0 aromatic heterocycles. The van der Waals surface area contributed by atoms with Gasteiger partial charge in [0.05, 0.1) is 5.92 Å². The molecular formula is C23H29NO4. The molecule has 150 valence electrons. The third-order valence-electron chi connectivity index (χ3n) is 8.66. The van der Waals surface area contributed by atoms with Gasteiger partial charge in [-0.2, -0.15) is 0 Å². The maximum absolute atomic E-state index is 12.8. The van der Waals surface area contributed by atoms with Crippen LogP contribution >= 0.6 is 0 Å². The smallest absolute Gasteiger partial charge is 0.165 e. The molecule has 5 nitrogen and oxygen atoms in total. The van der Waals surface area contributed by atoms with E-state index >= 15 is 0 Å². The van der Waals surface area contributed by atoms with Crippen molar-refractivity contribution in [3.05, 3.63) is 35.9 Å². The average Bonchev–Trinajstić information content (AvgIpc) is 3.02. The molecule has 1 saturated heterocycles. The lowest BCUT2D eigenvalue weighted by Gasteiger charge is -2.68. The minimum atomic E-state index is -0.911. The van der Waals surface area contributed by atoms with Crippen LogP contribution in [0, 0.1) is 11.3 Å². The zero-order valence-corrected chi connectivity index (χ0v) is 17.1. The van der Waals surface area contributed by atoms with Crippen LogP contribution in [0.25, 0.3) is 0 Å². The number of piperidine rings is 1. The Kier molecular flexibility index (Phi) is 3.50. The van der Waals surface area contributed by atoms with Crippen molar-refractivity contribution in [2.45, 2.75) is 56.3 Å². The van der Waals surface area contributed by atoms with E-state index in [2.05, 4.69) is 25.5 Å². The highest BCUT2D eigenvalue weighted by Crippen LogP contribution is 2.71. The number of phenols is 1. The number of nitrogens with zero attached hydrogens (tertiary/aromatic N) is 1. The Hall–Kier alpha value is -1.85. The summed E-state index contributed by atoms with van der Waals surface area (Å²) in [4.78, 5) is 15.3. The van der Waals surface area contributed by atoms with Crippen LogP contribution in [0.5, 0.6) is 11.5 Å². The largest absolute Gasteiger partial charge is 0.504 e. The molecule has 2 fully saturated rings. The maximum atomic E-state index is 12.8. The van der Waals surface area contributed by atoms with Gasteiger partial charge in [-0.25, -0.2) is 0 Å². The summed E-state index contributed by atoms with van der Waals surface area (Å²) in [5.74, 6) is 0.540. The van der Waals surface area contributed by atoms with Gasteiger partial charge in [-0.05, 0) is 56.8 Å². The highest BCUT2D eigenvalue weighted by molar-refractivity contribution is 5.81. The molecule has 1 aromatic carbocycles. The van der Waals surface area contributed by atoms with Crippen molar-refractivity contribution in [1.82, 2.24) is 4.90 Å². The summed E-state index contributed by atoms with van der Waals surface area (Å²) in [7, 11) is 3.84. The van der Waals surface area contributed by atoms with Gasteiger partial charge < -0.3 is 19.5 Å². The second-order valence-electron chi connectivity index (χ2n) is 9.41. The number of rotatable bonds is 3. The lowest BCUT2D eigenvalue weighted by Crippen LogP contribution is -2.77. The second-order valence-corrected chi connectivity index (χ2v) is 9.41. The highest BCUT2D eigenvalue weighted by Gasteiger charge is 2.76. The second kappa shape index (κ2) is 5.39. The molecular weight excluding hydrogens is 354 g/mol.